The van der Waals surface area contributed by atoms with E-state index < -0.39 is 0 Å². The summed E-state index contributed by atoms with van der Waals surface area (Å²) < 4.78 is 0. The van der Waals surface area contributed by atoms with E-state index in [1.807, 2.05) is 26.8 Å². The largest absolute Gasteiger partial charge is 0.357 e. The van der Waals surface area contributed by atoms with E-state index in [4.69, 9.17) is 4.84 Å². The van der Waals surface area contributed by atoms with Crippen LogP contribution in [0.5, 0.6) is 0 Å². The highest BCUT2D eigenvalue weighted by atomic mass is 16.6. The molecule has 218 valence electrons. The predicted molar refractivity (Wildman–Crippen MR) is 167 cm³/mol. The van der Waals surface area contributed by atoms with Gasteiger partial charge in [0.2, 0.25) is 5.56 Å². The number of oxime groups is 1. The first-order valence-corrected chi connectivity index (χ1v) is 14.2. The normalized spacial score (nSPS) is 12.9. The quantitative estimate of drug-likeness (QED) is 0.0944. The zero-order valence-corrected chi connectivity index (χ0v) is 25.6. The number of aromatic nitrogens is 3. The first-order chi connectivity index (χ1) is 19.5. The summed E-state index contributed by atoms with van der Waals surface area (Å²) in [6, 6.07) is 9.34. The summed E-state index contributed by atoms with van der Waals surface area (Å²) in [4.78, 5) is 40.5. The van der Waals surface area contributed by atoms with Crippen molar-refractivity contribution in [2.24, 2.45) is 11.1 Å². The Kier molecular flexibility index (Phi) is 11.0. The Hall–Kier alpha value is -4.20. The fourth-order valence-electron chi connectivity index (χ4n) is 4.24. The Morgan fingerprint density at radius 1 is 1.15 bits per heavy atom. The highest BCUT2D eigenvalue weighted by Gasteiger charge is 2.18. The van der Waals surface area contributed by atoms with Crippen LogP contribution < -0.4 is 10.9 Å². The number of carbonyl (C=O) groups excluding carboxylic acids is 1. The molecule has 0 radical (unpaired) electrons. The van der Waals surface area contributed by atoms with E-state index in [2.05, 4.69) is 78.3 Å². The van der Waals surface area contributed by atoms with E-state index in [0.717, 1.165) is 75.5 Å². The van der Waals surface area contributed by atoms with Crippen molar-refractivity contribution in [3.05, 3.63) is 92.0 Å². The number of amides is 1. The summed E-state index contributed by atoms with van der Waals surface area (Å²) in [5, 5.41) is 7.15. The Balaban J connectivity index is 1.97. The molecule has 3 N–H and O–H groups in total. The highest BCUT2D eigenvalue weighted by molar-refractivity contribution is 5.91. The second-order valence-corrected chi connectivity index (χ2v) is 10.9. The number of aromatic amines is 2. The molecule has 1 unspecified atom stereocenters. The van der Waals surface area contributed by atoms with E-state index in [1.54, 1.807) is 12.3 Å². The van der Waals surface area contributed by atoms with Crippen LogP contribution in [0.3, 0.4) is 0 Å². The lowest BCUT2D eigenvalue weighted by Gasteiger charge is -2.17. The molecule has 2 heterocycles. The average Bonchev–Trinajstić information content (AvgIpc) is 3.34. The number of nitrogens with zero attached hydrogens (tertiary/aromatic N) is 2. The van der Waals surface area contributed by atoms with Gasteiger partial charge < -0.3 is 20.1 Å². The average molecular weight is 558 g/mol. The molecule has 0 spiro atoms. The van der Waals surface area contributed by atoms with Gasteiger partial charge in [0.15, 0.2) is 11.6 Å². The van der Waals surface area contributed by atoms with Crippen LogP contribution in [-0.4, -0.2) is 26.6 Å². The minimum atomic E-state index is -0.317. The van der Waals surface area contributed by atoms with Crippen molar-refractivity contribution in [1.82, 2.24) is 20.3 Å². The second kappa shape index (κ2) is 14.4. The van der Waals surface area contributed by atoms with Gasteiger partial charge in [-0.15, -0.1) is 0 Å². The number of nitrogens with one attached hydrogen (secondary N) is 3. The molecule has 0 aliphatic heterocycles. The minimum absolute atomic E-state index is 0.185. The van der Waals surface area contributed by atoms with Gasteiger partial charge in [-0.3, -0.25) is 9.59 Å². The van der Waals surface area contributed by atoms with E-state index in [1.165, 1.54) is 6.07 Å². The van der Waals surface area contributed by atoms with E-state index >= 15 is 0 Å². The first kappa shape index (κ1) is 31.3. The van der Waals surface area contributed by atoms with Crippen LogP contribution in [0.2, 0.25) is 0 Å². The van der Waals surface area contributed by atoms with Gasteiger partial charge in [-0.2, -0.15) is 0 Å². The van der Waals surface area contributed by atoms with Crippen LogP contribution in [0.25, 0.3) is 17.3 Å². The Labute approximate surface area is 243 Å². The van der Waals surface area contributed by atoms with Gasteiger partial charge in [-0.05, 0) is 93.4 Å². The van der Waals surface area contributed by atoms with Crippen molar-refractivity contribution in [3.63, 3.8) is 0 Å². The van der Waals surface area contributed by atoms with Crippen molar-refractivity contribution < 1.29 is 9.63 Å². The number of carbonyl (C=O) groups is 1. The van der Waals surface area contributed by atoms with Gasteiger partial charge in [0.25, 0.3) is 5.91 Å². The number of benzene rings is 1. The third-order valence-corrected chi connectivity index (χ3v) is 7.08. The zero-order valence-electron chi connectivity index (χ0n) is 25.6. The lowest BCUT2D eigenvalue weighted by atomic mass is 9.92. The minimum Gasteiger partial charge on any atom is -0.357 e. The van der Waals surface area contributed by atoms with Crippen LogP contribution in [0, 0.1) is 19.8 Å². The van der Waals surface area contributed by atoms with Crippen molar-refractivity contribution >= 4 is 17.7 Å². The van der Waals surface area contributed by atoms with E-state index in [9.17, 15) is 9.59 Å². The fraction of sp³-hybridized carbons (Fsp3) is 0.394. The van der Waals surface area contributed by atoms with Crippen LogP contribution >= 0.6 is 0 Å². The molecule has 0 saturated carbocycles. The number of hydrogen-bond donors (Lipinski definition) is 3. The maximum absolute atomic E-state index is 12.8. The molecular formula is C33H43N5O3. The molecule has 41 heavy (non-hydrogen) atoms. The molecule has 0 aliphatic rings. The van der Waals surface area contributed by atoms with Gasteiger partial charge in [-0.1, -0.05) is 50.5 Å². The van der Waals surface area contributed by atoms with Gasteiger partial charge >= 0.3 is 0 Å². The third-order valence-electron chi connectivity index (χ3n) is 7.08. The molecule has 2 aromatic heterocycles. The summed E-state index contributed by atoms with van der Waals surface area (Å²) in [5.74, 6) is 1.23. The molecule has 3 aromatic rings. The van der Waals surface area contributed by atoms with Crippen LogP contribution in [0.4, 0.5) is 0 Å². The molecule has 0 saturated heterocycles. The molecule has 8 nitrogen and oxygen atoms in total. The maximum atomic E-state index is 12.8. The third kappa shape index (κ3) is 8.64. The Morgan fingerprint density at radius 3 is 2.54 bits per heavy atom. The van der Waals surface area contributed by atoms with Gasteiger partial charge in [0.05, 0.1) is 11.4 Å². The summed E-state index contributed by atoms with van der Waals surface area (Å²) >= 11 is 0. The van der Waals surface area contributed by atoms with E-state index in [0.29, 0.717) is 5.92 Å². The molecular weight excluding hydrogens is 514 g/mol. The molecule has 3 rings (SSSR count). The molecule has 1 atom stereocenters. The number of pyridine rings is 1. The number of rotatable bonds is 12. The van der Waals surface area contributed by atoms with Crippen molar-refractivity contribution in [1.29, 1.82) is 0 Å². The van der Waals surface area contributed by atoms with Crippen molar-refractivity contribution in [2.45, 2.75) is 81.2 Å². The molecule has 0 fully saturated rings. The summed E-state index contributed by atoms with van der Waals surface area (Å²) in [6.07, 6.45) is 6.59. The standard InChI is InChI=1S/C33H43N5O3/c1-9-21(5)15-28(31(22(6)10-2)41-38-20(3)4)17-27-16-26(13-11-23(27)7)30-24(8)36-32(37-30)33(40)35-19-25-12-14-29(39)34-18-25/h11-14,16-18,21H,9-10,15,19H2,1-8H3,(H,34,39)(H,35,40)(H,36,37). The summed E-state index contributed by atoms with van der Waals surface area (Å²) in [6.45, 7) is 16.8. The van der Waals surface area contributed by atoms with Crippen LogP contribution in [-0.2, 0) is 11.4 Å². The fourth-order valence-corrected chi connectivity index (χ4v) is 4.24. The molecule has 0 bridgehead atoms. The number of aryl methyl sites for hydroxylation is 2. The monoisotopic (exact) mass is 557 g/mol. The number of hydrogen-bond acceptors (Lipinski definition) is 5. The Bertz CT molecular complexity index is 1500. The van der Waals surface area contributed by atoms with Crippen LogP contribution in [0.1, 0.15) is 93.8 Å². The molecule has 8 heteroatoms. The number of allylic oxidation sites excluding steroid dienone is 2. The molecule has 0 aliphatic carbocycles. The predicted octanol–water partition coefficient (Wildman–Crippen LogP) is 7.23. The smallest absolute Gasteiger partial charge is 0.287 e. The summed E-state index contributed by atoms with van der Waals surface area (Å²) in [7, 11) is 0. The SMILES string of the molecule is CCC(C)=C(ON=C(C)C)C(=Cc1cc(-c2nc(C(=O)NCc3ccc(=O)[nH]c3)[nH]c2C)ccc1C)CC(C)CC. The second-order valence-electron chi connectivity index (χ2n) is 10.9. The summed E-state index contributed by atoms with van der Waals surface area (Å²) in [5.41, 5.74) is 8.37. The zero-order chi connectivity index (χ0) is 30.1. The lowest BCUT2D eigenvalue weighted by molar-refractivity contribution is 0.0941. The molecule has 1 amide bonds. The van der Waals surface area contributed by atoms with Crippen molar-refractivity contribution in [3.8, 4) is 11.3 Å². The van der Waals surface area contributed by atoms with E-state index in [-0.39, 0.29) is 23.8 Å². The Morgan fingerprint density at radius 2 is 1.90 bits per heavy atom. The van der Waals surface area contributed by atoms with Gasteiger partial charge in [0.1, 0.15) is 0 Å². The van der Waals surface area contributed by atoms with Gasteiger partial charge in [0, 0.05) is 30.1 Å². The lowest BCUT2D eigenvalue weighted by Crippen LogP contribution is -2.24. The van der Waals surface area contributed by atoms with Crippen molar-refractivity contribution in [2.75, 3.05) is 0 Å². The molecule has 1 aromatic carbocycles. The number of H-pyrrole nitrogens is 2. The highest BCUT2D eigenvalue weighted by Crippen LogP contribution is 2.31. The number of imidazole rings is 1. The topological polar surface area (TPSA) is 112 Å². The van der Waals surface area contributed by atoms with Gasteiger partial charge in [-0.25, -0.2) is 4.98 Å². The van der Waals surface area contributed by atoms with Crippen LogP contribution in [0.15, 0.2) is 63.4 Å². The maximum Gasteiger partial charge on any atom is 0.287 e. The first-order valence-electron chi connectivity index (χ1n) is 14.2.